The first-order valence-electron chi connectivity index (χ1n) is 10.8. The first-order valence-corrected chi connectivity index (χ1v) is 10.8. The van der Waals surface area contributed by atoms with E-state index >= 15 is 0 Å². The molecule has 0 spiro atoms. The number of amides is 2. The summed E-state index contributed by atoms with van der Waals surface area (Å²) >= 11 is 0. The number of nitrogens with zero attached hydrogens (tertiary/aromatic N) is 2. The maximum atomic E-state index is 13.1. The SMILES string of the molecule is O=C1C2C3C=CC(C3)C2C(=O)N1[C@H]1CCCN(C[C@H]2COc3ccccc3O2)C1. The monoisotopic (exact) mass is 394 g/mol. The van der Waals surface area contributed by atoms with Gasteiger partial charge in [0, 0.05) is 13.1 Å². The van der Waals surface area contributed by atoms with E-state index in [0.29, 0.717) is 6.61 Å². The van der Waals surface area contributed by atoms with Crippen LogP contribution < -0.4 is 9.47 Å². The minimum atomic E-state index is -0.0977. The van der Waals surface area contributed by atoms with Crippen molar-refractivity contribution in [2.24, 2.45) is 23.7 Å². The lowest BCUT2D eigenvalue weighted by Gasteiger charge is -2.39. The van der Waals surface area contributed by atoms with Crippen molar-refractivity contribution in [1.82, 2.24) is 9.80 Å². The summed E-state index contributed by atoms with van der Waals surface area (Å²) in [5, 5.41) is 0. The second-order valence-corrected chi connectivity index (χ2v) is 9.10. The summed E-state index contributed by atoms with van der Waals surface area (Å²) in [4.78, 5) is 30.2. The summed E-state index contributed by atoms with van der Waals surface area (Å²) in [6.07, 6.45) is 7.16. The molecule has 1 saturated carbocycles. The molecule has 29 heavy (non-hydrogen) atoms. The zero-order valence-corrected chi connectivity index (χ0v) is 16.4. The lowest BCUT2D eigenvalue weighted by molar-refractivity contribution is -0.144. The van der Waals surface area contributed by atoms with Gasteiger partial charge in [0.25, 0.3) is 0 Å². The number of rotatable bonds is 3. The lowest BCUT2D eigenvalue weighted by atomic mass is 9.85. The van der Waals surface area contributed by atoms with Crippen LogP contribution in [-0.4, -0.2) is 60.0 Å². The highest BCUT2D eigenvalue weighted by atomic mass is 16.6. The van der Waals surface area contributed by atoms with Gasteiger partial charge in [0.2, 0.25) is 11.8 Å². The second-order valence-electron chi connectivity index (χ2n) is 9.10. The van der Waals surface area contributed by atoms with E-state index in [1.807, 2.05) is 24.3 Å². The summed E-state index contributed by atoms with van der Waals surface area (Å²) < 4.78 is 12.0. The molecule has 3 heterocycles. The van der Waals surface area contributed by atoms with Crippen molar-refractivity contribution in [2.75, 3.05) is 26.2 Å². The minimum absolute atomic E-state index is 0.00875. The Morgan fingerprint density at radius 2 is 1.72 bits per heavy atom. The highest BCUT2D eigenvalue weighted by molar-refractivity contribution is 6.06. The van der Waals surface area contributed by atoms with Crippen LogP contribution in [0.25, 0.3) is 0 Å². The van der Waals surface area contributed by atoms with Gasteiger partial charge in [-0.1, -0.05) is 24.3 Å². The molecule has 6 atom stereocenters. The number of fused-ring (bicyclic) bond motifs is 6. The first-order chi connectivity index (χ1) is 14.2. The normalized spacial score (nSPS) is 38.0. The Balaban J connectivity index is 1.13. The molecule has 2 saturated heterocycles. The van der Waals surface area contributed by atoms with Crippen LogP contribution in [0.2, 0.25) is 0 Å². The molecule has 152 valence electrons. The number of benzene rings is 1. The Labute approximate surface area is 170 Å². The molecule has 0 radical (unpaired) electrons. The Morgan fingerprint density at radius 1 is 1.00 bits per heavy atom. The Morgan fingerprint density at radius 3 is 2.48 bits per heavy atom. The van der Waals surface area contributed by atoms with Gasteiger partial charge in [-0.15, -0.1) is 0 Å². The predicted molar refractivity (Wildman–Crippen MR) is 105 cm³/mol. The van der Waals surface area contributed by atoms with Gasteiger partial charge >= 0.3 is 0 Å². The Bertz CT molecular complexity index is 853. The van der Waals surface area contributed by atoms with E-state index in [-0.39, 0.29) is 47.6 Å². The van der Waals surface area contributed by atoms with Gasteiger partial charge in [-0.25, -0.2) is 0 Å². The zero-order chi connectivity index (χ0) is 19.5. The van der Waals surface area contributed by atoms with Crippen molar-refractivity contribution in [1.29, 1.82) is 0 Å². The molecule has 2 amide bonds. The number of allylic oxidation sites excluding steroid dienone is 2. The molecule has 6 nitrogen and oxygen atoms in total. The van der Waals surface area contributed by atoms with Crippen molar-refractivity contribution in [3.63, 3.8) is 0 Å². The van der Waals surface area contributed by atoms with Crippen molar-refractivity contribution < 1.29 is 19.1 Å². The van der Waals surface area contributed by atoms with Gasteiger partial charge in [-0.3, -0.25) is 19.4 Å². The van der Waals surface area contributed by atoms with E-state index in [9.17, 15) is 9.59 Å². The molecule has 2 aliphatic carbocycles. The molecule has 0 N–H and O–H groups in total. The van der Waals surface area contributed by atoms with Crippen LogP contribution in [0.3, 0.4) is 0 Å². The second kappa shape index (κ2) is 6.59. The molecular formula is C23H26N2O4. The first kappa shape index (κ1) is 17.5. The molecular weight excluding hydrogens is 368 g/mol. The Hall–Kier alpha value is -2.34. The molecule has 4 unspecified atom stereocenters. The largest absolute Gasteiger partial charge is 0.486 e. The molecule has 1 aromatic carbocycles. The van der Waals surface area contributed by atoms with Gasteiger partial charge in [0.1, 0.15) is 12.7 Å². The van der Waals surface area contributed by atoms with Crippen molar-refractivity contribution >= 4 is 11.8 Å². The Kier molecular flexibility index (Phi) is 3.98. The quantitative estimate of drug-likeness (QED) is 0.581. The molecule has 2 bridgehead atoms. The van der Waals surface area contributed by atoms with Crippen LogP contribution in [0, 0.1) is 23.7 Å². The van der Waals surface area contributed by atoms with Crippen LogP contribution in [0.1, 0.15) is 19.3 Å². The van der Waals surface area contributed by atoms with Gasteiger partial charge in [-0.2, -0.15) is 0 Å². The summed E-state index contributed by atoms with van der Waals surface area (Å²) in [6.45, 7) is 2.98. The maximum absolute atomic E-state index is 13.1. The average Bonchev–Trinajstić information content (AvgIpc) is 3.42. The number of piperidine rings is 1. The molecule has 1 aromatic rings. The minimum Gasteiger partial charge on any atom is -0.486 e. The van der Waals surface area contributed by atoms with E-state index in [1.165, 1.54) is 0 Å². The van der Waals surface area contributed by atoms with E-state index in [2.05, 4.69) is 17.1 Å². The third-order valence-corrected chi connectivity index (χ3v) is 7.38. The van der Waals surface area contributed by atoms with Gasteiger partial charge in [0.15, 0.2) is 11.5 Å². The molecule has 5 aliphatic rings. The fourth-order valence-electron chi connectivity index (χ4n) is 6.13. The van der Waals surface area contributed by atoms with Crippen LogP contribution in [-0.2, 0) is 9.59 Å². The average molecular weight is 394 g/mol. The number of ether oxygens (including phenoxy) is 2. The number of imide groups is 1. The van der Waals surface area contributed by atoms with Gasteiger partial charge in [0.05, 0.1) is 17.9 Å². The van der Waals surface area contributed by atoms with Crippen molar-refractivity contribution in [3.8, 4) is 11.5 Å². The summed E-state index contributed by atoms with van der Waals surface area (Å²) in [5.41, 5.74) is 0. The smallest absolute Gasteiger partial charge is 0.234 e. The fraction of sp³-hybridized carbons (Fsp3) is 0.565. The van der Waals surface area contributed by atoms with E-state index < -0.39 is 0 Å². The highest BCUT2D eigenvalue weighted by Gasteiger charge is 2.60. The van der Waals surface area contributed by atoms with Crippen LogP contribution in [0.15, 0.2) is 36.4 Å². The standard InChI is InChI=1S/C23H26N2O4/c26-22-20-14-7-8-15(10-14)21(20)23(27)25(22)16-4-3-9-24(11-16)12-17-13-28-18-5-1-2-6-19(18)29-17/h1-2,5-8,14-17,20-21H,3-4,9-13H2/t14?,15?,16-,17-,20?,21?/m0/s1. The molecule has 3 fully saturated rings. The van der Waals surface area contributed by atoms with E-state index in [1.54, 1.807) is 4.90 Å². The number of carbonyl (C=O) groups excluding carboxylic acids is 2. The van der Waals surface area contributed by atoms with Crippen LogP contribution in [0.5, 0.6) is 11.5 Å². The van der Waals surface area contributed by atoms with Crippen molar-refractivity contribution in [3.05, 3.63) is 36.4 Å². The van der Waals surface area contributed by atoms with Crippen LogP contribution >= 0.6 is 0 Å². The highest BCUT2D eigenvalue weighted by Crippen LogP contribution is 2.53. The molecule has 0 aromatic heterocycles. The number of likely N-dealkylation sites (tertiary alicyclic amines) is 2. The lowest BCUT2D eigenvalue weighted by Crippen LogP contribution is -2.53. The van der Waals surface area contributed by atoms with E-state index in [0.717, 1.165) is 50.4 Å². The van der Waals surface area contributed by atoms with Crippen LogP contribution in [0.4, 0.5) is 0 Å². The number of hydrogen-bond donors (Lipinski definition) is 0. The number of hydrogen-bond acceptors (Lipinski definition) is 5. The van der Waals surface area contributed by atoms with Crippen molar-refractivity contribution in [2.45, 2.75) is 31.4 Å². The third-order valence-electron chi connectivity index (χ3n) is 7.38. The maximum Gasteiger partial charge on any atom is 0.234 e. The van der Waals surface area contributed by atoms with Gasteiger partial charge in [-0.05, 0) is 49.8 Å². The fourth-order valence-corrected chi connectivity index (χ4v) is 6.13. The predicted octanol–water partition coefficient (Wildman–Crippen LogP) is 2.10. The van der Waals surface area contributed by atoms with E-state index in [4.69, 9.17) is 9.47 Å². The number of carbonyl (C=O) groups is 2. The molecule has 6 heteroatoms. The summed E-state index contributed by atoms with van der Waals surface area (Å²) in [5.74, 6) is 2.10. The summed E-state index contributed by atoms with van der Waals surface area (Å²) in [7, 11) is 0. The third kappa shape index (κ3) is 2.72. The number of para-hydroxylation sites is 2. The topological polar surface area (TPSA) is 59.1 Å². The molecule has 3 aliphatic heterocycles. The molecule has 6 rings (SSSR count). The van der Waals surface area contributed by atoms with Gasteiger partial charge < -0.3 is 9.47 Å². The zero-order valence-electron chi connectivity index (χ0n) is 16.4. The summed E-state index contributed by atoms with van der Waals surface area (Å²) in [6, 6.07) is 7.74.